The Morgan fingerprint density at radius 3 is 2.77 bits per heavy atom. The van der Waals surface area contributed by atoms with Gasteiger partial charge in [0.25, 0.3) is 11.8 Å². The van der Waals surface area contributed by atoms with Gasteiger partial charge in [-0.3, -0.25) is 14.4 Å². The molecule has 30 heavy (non-hydrogen) atoms. The summed E-state index contributed by atoms with van der Waals surface area (Å²) in [4.78, 5) is 38.2. The van der Waals surface area contributed by atoms with E-state index >= 15 is 0 Å². The van der Waals surface area contributed by atoms with Gasteiger partial charge in [0.05, 0.1) is 12.1 Å². The van der Waals surface area contributed by atoms with Gasteiger partial charge in [-0.25, -0.2) is 0 Å². The largest absolute Gasteiger partial charge is 0.482 e. The Hall–Kier alpha value is -3.75. The summed E-state index contributed by atoms with van der Waals surface area (Å²) < 4.78 is 21.1. The van der Waals surface area contributed by atoms with Crippen LogP contribution in [0.3, 0.4) is 0 Å². The molecule has 0 saturated carbocycles. The number of nitrogens with zero attached hydrogens (tertiary/aromatic N) is 1. The van der Waals surface area contributed by atoms with Crippen LogP contribution in [0.1, 0.15) is 13.3 Å². The third kappa shape index (κ3) is 4.14. The number of amides is 2. The molecule has 2 aromatic rings. The van der Waals surface area contributed by atoms with Gasteiger partial charge in [-0.2, -0.15) is 0 Å². The van der Waals surface area contributed by atoms with Gasteiger partial charge in [-0.15, -0.1) is 0 Å². The molecule has 2 aromatic carbocycles. The SMILES string of the molecule is C[C@@H](OC(=O)CCN1C(=O)COc2ccccc21)C(=O)Nc1ccc2c(c1)OCO2. The van der Waals surface area contributed by atoms with E-state index in [1.54, 1.807) is 36.4 Å². The number of hydrogen-bond donors (Lipinski definition) is 1. The molecule has 2 aliphatic rings. The van der Waals surface area contributed by atoms with Crippen molar-refractivity contribution < 1.29 is 33.3 Å². The number of fused-ring (bicyclic) bond motifs is 2. The Morgan fingerprint density at radius 1 is 1.10 bits per heavy atom. The number of carbonyl (C=O) groups excluding carboxylic acids is 3. The third-order valence-corrected chi connectivity index (χ3v) is 4.67. The molecule has 2 aliphatic heterocycles. The maximum Gasteiger partial charge on any atom is 0.308 e. The van der Waals surface area contributed by atoms with Crippen molar-refractivity contribution in [2.75, 3.05) is 30.2 Å². The summed E-state index contributed by atoms with van der Waals surface area (Å²) in [7, 11) is 0. The minimum atomic E-state index is -1.00. The fourth-order valence-corrected chi connectivity index (χ4v) is 3.13. The quantitative estimate of drug-likeness (QED) is 0.725. The summed E-state index contributed by atoms with van der Waals surface area (Å²) in [5.74, 6) is 0.423. The highest BCUT2D eigenvalue weighted by molar-refractivity contribution is 5.98. The summed E-state index contributed by atoms with van der Waals surface area (Å²) >= 11 is 0. The number of nitrogens with one attached hydrogen (secondary N) is 1. The Kier molecular flexibility index (Phi) is 5.42. The number of rotatable bonds is 6. The normalized spacial score (nSPS) is 15.1. The van der Waals surface area contributed by atoms with Crippen LogP contribution in [0.5, 0.6) is 17.2 Å². The zero-order chi connectivity index (χ0) is 21.1. The van der Waals surface area contributed by atoms with Crippen LogP contribution in [-0.4, -0.2) is 43.8 Å². The van der Waals surface area contributed by atoms with Crippen LogP contribution in [0.4, 0.5) is 11.4 Å². The fraction of sp³-hybridized carbons (Fsp3) is 0.286. The molecule has 1 atom stereocenters. The highest BCUT2D eigenvalue weighted by Gasteiger charge is 2.26. The smallest absolute Gasteiger partial charge is 0.308 e. The Balaban J connectivity index is 1.29. The van der Waals surface area contributed by atoms with E-state index in [0.717, 1.165) is 0 Å². The summed E-state index contributed by atoms with van der Waals surface area (Å²) in [6.07, 6.45) is -1.06. The molecular formula is C21H20N2O7. The lowest BCUT2D eigenvalue weighted by atomic mass is 10.2. The van der Waals surface area contributed by atoms with Crippen molar-refractivity contribution in [2.24, 2.45) is 0 Å². The molecule has 9 heteroatoms. The highest BCUT2D eigenvalue weighted by atomic mass is 16.7. The number of ether oxygens (including phenoxy) is 4. The molecule has 0 fully saturated rings. The van der Waals surface area contributed by atoms with Gasteiger partial charge in [0.15, 0.2) is 24.2 Å². The number of hydrogen-bond acceptors (Lipinski definition) is 7. The van der Waals surface area contributed by atoms with Crippen LogP contribution >= 0.6 is 0 Å². The van der Waals surface area contributed by atoms with Crippen molar-refractivity contribution in [2.45, 2.75) is 19.4 Å². The molecule has 2 heterocycles. The maximum absolute atomic E-state index is 12.3. The molecule has 4 rings (SSSR count). The van der Waals surface area contributed by atoms with Gasteiger partial charge in [-0.1, -0.05) is 12.1 Å². The van der Waals surface area contributed by atoms with E-state index in [-0.39, 0.29) is 32.3 Å². The topological polar surface area (TPSA) is 103 Å². The van der Waals surface area contributed by atoms with E-state index in [1.165, 1.54) is 11.8 Å². The van der Waals surface area contributed by atoms with Crippen molar-refractivity contribution in [3.63, 3.8) is 0 Å². The van der Waals surface area contributed by atoms with Gasteiger partial charge in [0.1, 0.15) is 5.75 Å². The summed E-state index contributed by atoms with van der Waals surface area (Å²) in [6.45, 7) is 1.67. The Bertz CT molecular complexity index is 991. The number of carbonyl (C=O) groups is 3. The van der Waals surface area contributed by atoms with Gasteiger partial charge >= 0.3 is 5.97 Å². The van der Waals surface area contributed by atoms with Crippen LogP contribution in [-0.2, 0) is 19.1 Å². The number of benzene rings is 2. The first-order valence-corrected chi connectivity index (χ1v) is 9.43. The molecule has 0 aliphatic carbocycles. The van der Waals surface area contributed by atoms with Crippen molar-refractivity contribution >= 4 is 29.2 Å². The molecule has 0 bridgehead atoms. The van der Waals surface area contributed by atoms with Crippen LogP contribution in [0.2, 0.25) is 0 Å². The molecule has 2 amide bonds. The van der Waals surface area contributed by atoms with E-state index in [9.17, 15) is 14.4 Å². The van der Waals surface area contributed by atoms with E-state index in [1.807, 2.05) is 6.07 Å². The Labute approximate surface area is 172 Å². The van der Waals surface area contributed by atoms with Crippen LogP contribution in [0.15, 0.2) is 42.5 Å². The molecule has 0 aromatic heterocycles. The summed E-state index contributed by atoms with van der Waals surface area (Å²) in [5.41, 5.74) is 1.11. The minimum absolute atomic E-state index is 0.0539. The average molecular weight is 412 g/mol. The molecular weight excluding hydrogens is 392 g/mol. The molecule has 0 unspecified atom stereocenters. The monoisotopic (exact) mass is 412 g/mol. The highest BCUT2D eigenvalue weighted by Crippen LogP contribution is 2.34. The number of anilines is 2. The summed E-state index contributed by atoms with van der Waals surface area (Å²) in [6, 6.07) is 12.1. The molecule has 1 N–H and O–H groups in total. The first-order chi connectivity index (χ1) is 14.5. The van der Waals surface area contributed by atoms with E-state index in [2.05, 4.69) is 5.32 Å². The lowest BCUT2D eigenvalue weighted by molar-refractivity contribution is -0.153. The molecule has 0 saturated heterocycles. The lowest BCUT2D eigenvalue weighted by Gasteiger charge is -2.29. The van der Waals surface area contributed by atoms with Crippen molar-refractivity contribution in [1.29, 1.82) is 0 Å². The van der Waals surface area contributed by atoms with Gasteiger partial charge in [-0.05, 0) is 31.2 Å². The Morgan fingerprint density at radius 2 is 1.90 bits per heavy atom. The first kappa shape index (κ1) is 19.6. The van der Waals surface area contributed by atoms with Gasteiger partial charge < -0.3 is 29.2 Å². The predicted molar refractivity (Wildman–Crippen MR) is 106 cm³/mol. The summed E-state index contributed by atoms with van der Waals surface area (Å²) in [5, 5.41) is 2.67. The van der Waals surface area contributed by atoms with Crippen LogP contribution < -0.4 is 24.4 Å². The second-order valence-electron chi connectivity index (χ2n) is 6.74. The predicted octanol–water partition coefficient (Wildman–Crippen LogP) is 2.10. The maximum atomic E-state index is 12.3. The number of esters is 1. The van der Waals surface area contributed by atoms with Gasteiger partial charge in [0, 0.05) is 18.3 Å². The van der Waals surface area contributed by atoms with Crippen molar-refractivity contribution in [1.82, 2.24) is 0 Å². The van der Waals surface area contributed by atoms with E-state index < -0.39 is 18.0 Å². The fourth-order valence-electron chi connectivity index (χ4n) is 3.13. The lowest BCUT2D eigenvalue weighted by Crippen LogP contribution is -2.40. The average Bonchev–Trinajstić information content (AvgIpc) is 3.21. The zero-order valence-electron chi connectivity index (χ0n) is 16.3. The second-order valence-corrected chi connectivity index (χ2v) is 6.74. The third-order valence-electron chi connectivity index (χ3n) is 4.67. The molecule has 0 spiro atoms. The van der Waals surface area contributed by atoms with Crippen molar-refractivity contribution in [3.05, 3.63) is 42.5 Å². The second kappa shape index (κ2) is 8.32. The standard InChI is InChI=1S/C21H20N2O7/c1-13(21(26)22-14-6-7-17-18(10-14)29-12-28-17)30-20(25)8-9-23-15-4-2-3-5-16(15)27-11-19(23)24/h2-7,10,13H,8-9,11-12H2,1H3,(H,22,26)/t13-/m1/s1. The van der Waals surface area contributed by atoms with E-state index in [0.29, 0.717) is 28.6 Å². The minimum Gasteiger partial charge on any atom is -0.482 e. The van der Waals surface area contributed by atoms with Crippen molar-refractivity contribution in [3.8, 4) is 17.2 Å². The molecule has 156 valence electrons. The first-order valence-electron chi connectivity index (χ1n) is 9.43. The van der Waals surface area contributed by atoms with E-state index in [4.69, 9.17) is 18.9 Å². The van der Waals surface area contributed by atoms with Crippen LogP contribution in [0, 0.1) is 0 Å². The zero-order valence-corrected chi connectivity index (χ0v) is 16.3. The van der Waals surface area contributed by atoms with Crippen LogP contribution in [0.25, 0.3) is 0 Å². The van der Waals surface area contributed by atoms with Gasteiger partial charge in [0.2, 0.25) is 6.79 Å². The number of para-hydroxylation sites is 2. The molecule has 0 radical (unpaired) electrons. The molecule has 9 nitrogen and oxygen atoms in total.